The van der Waals surface area contributed by atoms with E-state index < -0.39 is 142 Å². The Hall–Kier alpha value is -6.37. The number of phenols is 6. The second-order valence-electron chi connectivity index (χ2n) is 13.1. The molecule has 59 heavy (non-hydrogen) atoms. The van der Waals surface area contributed by atoms with Crippen LogP contribution in [0.15, 0.2) is 57.8 Å². The number of methoxy groups -OCH3 is 1. The van der Waals surface area contributed by atoms with Gasteiger partial charge in [0.15, 0.2) is 64.9 Å². The van der Waals surface area contributed by atoms with Gasteiger partial charge in [-0.05, 0) is 42.0 Å². The van der Waals surface area contributed by atoms with Crippen molar-refractivity contribution < 1.29 is 104 Å². The maximum absolute atomic E-state index is 14.2. The van der Waals surface area contributed by atoms with Crippen LogP contribution in [-0.4, -0.2) is 148 Å². The van der Waals surface area contributed by atoms with Crippen molar-refractivity contribution >= 4 is 29.0 Å². The molecule has 1 aromatic heterocycles. The van der Waals surface area contributed by atoms with Gasteiger partial charge in [0.2, 0.25) is 23.2 Å². The first-order valence-corrected chi connectivity index (χ1v) is 17.2. The second-order valence-corrected chi connectivity index (χ2v) is 13.1. The number of carbonyl (C=O) groups is 2. The summed E-state index contributed by atoms with van der Waals surface area (Å²) in [5.41, 5.74) is -1.75. The van der Waals surface area contributed by atoms with Gasteiger partial charge in [0.05, 0.1) is 13.7 Å². The summed E-state index contributed by atoms with van der Waals surface area (Å²) < 4.78 is 38.9. The van der Waals surface area contributed by atoms with E-state index in [1.54, 1.807) is 0 Å². The molecule has 0 unspecified atom stereocenters. The Labute approximate surface area is 329 Å². The predicted octanol–water partition coefficient (Wildman–Crippen LogP) is -0.938. The molecular formula is C37H36O22. The lowest BCUT2D eigenvalue weighted by Crippen LogP contribution is -2.66. The fourth-order valence-corrected chi connectivity index (χ4v) is 6.23. The molecule has 316 valence electrons. The molecule has 2 fully saturated rings. The SMILES string of the molecule is COc1cc2oc(-c3ccc(O)c(O)c3)c(O[C@@H]3O[C@@H](C(=O)O)[C@@H](O)[C@H](O)[C@H]3O[C@@H]3O[C@H](CO)[C@@H](O)[C@H](O)[C@H]3OC(=O)/C=C/c3ccc(O)c(O)c3)c(=O)c2c(O)c1O. The van der Waals surface area contributed by atoms with Gasteiger partial charge >= 0.3 is 11.9 Å². The van der Waals surface area contributed by atoms with Crippen LogP contribution < -0.4 is 14.9 Å². The van der Waals surface area contributed by atoms with Crippen LogP contribution in [0.25, 0.3) is 28.4 Å². The predicted molar refractivity (Wildman–Crippen MR) is 191 cm³/mol. The number of esters is 1. The van der Waals surface area contributed by atoms with Crippen molar-refractivity contribution in [3.8, 4) is 57.3 Å². The Bertz CT molecular complexity index is 2320. The lowest BCUT2D eigenvalue weighted by molar-refractivity contribution is -0.355. The molecule has 0 aliphatic carbocycles. The summed E-state index contributed by atoms with van der Waals surface area (Å²) in [6.07, 6.45) is -19.5. The number of hydrogen-bond donors (Lipinski definition) is 12. The number of rotatable bonds is 11. The highest BCUT2D eigenvalue weighted by molar-refractivity contribution is 5.91. The maximum Gasteiger partial charge on any atom is 0.335 e. The summed E-state index contributed by atoms with van der Waals surface area (Å²) >= 11 is 0. The molecule has 2 aliphatic heterocycles. The monoisotopic (exact) mass is 832 g/mol. The van der Waals surface area contributed by atoms with E-state index in [9.17, 15) is 75.7 Å². The van der Waals surface area contributed by atoms with Crippen molar-refractivity contribution in [2.45, 2.75) is 61.4 Å². The normalized spacial score (nSPS) is 27.1. The number of aliphatic hydroxyl groups is 5. The number of carbonyl (C=O) groups excluding carboxylic acids is 1. The highest BCUT2D eigenvalue weighted by Crippen LogP contribution is 2.44. The van der Waals surface area contributed by atoms with Crippen molar-refractivity contribution in [3.63, 3.8) is 0 Å². The minimum atomic E-state index is -2.36. The van der Waals surface area contributed by atoms with Crippen LogP contribution in [0, 0.1) is 0 Å². The quantitative estimate of drug-likeness (QED) is 0.0493. The zero-order chi connectivity index (χ0) is 43.0. The van der Waals surface area contributed by atoms with Crippen molar-refractivity contribution in [1.29, 1.82) is 0 Å². The molecule has 0 radical (unpaired) electrons. The number of aromatic hydroxyl groups is 6. The average Bonchev–Trinajstić information content (AvgIpc) is 3.20. The molecule has 3 aromatic carbocycles. The molecule has 3 heterocycles. The molecule has 0 saturated carbocycles. The van der Waals surface area contributed by atoms with Crippen LogP contribution in [-0.2, 0) is 28.5 Å². The summed E-state index contributed by atoms with van der Waals surface area (Å²) in [6.45, 7) is -0.974. The Kier molecular flexibility index (Phi) is 12.1. The zero-order valence-electron chi connectivity index (χ0n) is 30.1. The smallest absolute Gasteiger partial charge is 0.335 e. The Morgan fingerprint density at radius 1 is 0.780 bits per heavy atom. The highest BCUT2D eigenvalue weighted by Gasteiger charge is 2.54. The minimum Gasteiger partial charge on any atom is -0.504 e. The van der Waals surface area contributed by atoms with Gasteiger partial charge in [-0.15, -0.1) is 0 Å². The van der Waals surface area contributed by atoms with E-state index in [0.29, 0.717) is 0 Å². The number of fused-ring (bicyclic) bond motifs is 1. The molecule has 10 atom stereocenters. The number of hydrogen-bond acceptors (Lipinski definition) is 21. The largest absolute Gasteiger partial charge is 0.504 e. The van der Waals surface area contributed by atoms with E-state index in [1.807, 2.05) is 0 Å². The molecule has 22 heteroatoms. The van der Waals surface area contributed by atoms with Crippen LogP contribution in [0.1, 0.15) is 5.56 Å². The molecule has 0 spiro atoms. The number of ether oxygens (including phenoxy) is 6. The standard InChI is InChI=1S/C37H36O22/c1-53-19-10-18-22(25(46)23(19)44)26(47)31(30(54-18)13-4-6-15(40)17(42)9-13)57-37-34(29(50)28(49)32(58-37)35(51)52)59-36-33(27(48)24(45)20(11-38)55-36)56-21(43)7-3-12-2-5-14(39)16(41)8-12/h2-10,20,24,27-29,32-34,36-42,44-46,48-50H,11H2,1H3,(H,51,52)/b7-3+/t20-,24-,27+,28+,29+,32-,33-,34-,36+,37-/m1/s1. The third-order valence-corrected chi connectivity index (χ3v) is 9.31. The van der Waals surface area contributed by atoms with Gasteiger partial charge in [0, 0.05) is 17.7 Å². The molecular weight excluding hydrogens is 796 g/mol. The molecule has 0 amide bonds. The van der Waals surface area contributed by atoms with Crippen LogP contribution in [0.4, 0.5) is 0 Å². The van der Waals surface area contributed by atoms with E-state index in [4.69, 9.17) is 32.8 Å². The summed E-state index contributed by atoms with van der Waals surface area (Å²) in [5.74, 6) is -9.34. The van der Waals surface area contributed by atoms with Gasteiger partial charge in [-0.25, -0.2) is 9.59 Å². The third kappa shape index (κ3) is 8.19. The zero-order valence-corrected chi connectivity index (χ0v) is 30.1. The molecule has 2 saturated heterocycles. The molecule has 4 aromatic rings. The topological polar surface area (TPSA) is 362 Å². The average molecular weight is 833 g/mol. The molecule has 12 N–H and O–H groups in total. The van der Waals surface area contributed by atoms with Gasteiger partial charge in [-0.2, -0.15) is 0 Å². The van der Waals surface area contributed by atoms with Crippen molar-refractivity contribution in [2.75, 3.05) is 13.7 Å². The molecule has 22 nitrogen and oxygen atoms in total. The lowest BCUT2D eigenvalue weighted by Gasteiger charge is -2.46. The van der Waals surface area contributed by atoms with Gasteiger partial charge in [-0.1, -0.05) is 6.07 Å². The Morgan fingerprint density at radius 2 is 1.44 bits per heavy atom. The summed E-state index contributed by atoms with van der Waals surface area (Å²) in [7, 11) is 1.12. The Balaban J connectivity index is 1.42. The van der Waals surface area contributed by atoms with Gasteiger partial charge in [0.1, 0.15) is 41.5 Å². The first-order valence-electron chi connectivity index (χ1n) is 17.2. The fraction of sp³-hybridized carbons (Fsp3) is 0.324. The highest BCUT2D eigenvalue weighted by atomic mass is 16.8. The third-order valence-electron chi connectivity index (χ3n) is 9.31. The lowest BCUT2D eigenvalue weighted by atomic mass is 9.97. The number of carboxylic acids is 1. The van der Waals surface area contributed by atoms with E-state index >= 15 is 0 Å². The first-order chi connectivity index (χ1) is 27.9. The van der Waals surface area contributed by atoms with Crippen molar-refractivity contribution in [2.24, 2.45) is 0 Å². The van der Waals surface area contributed by atoms with Gasteiger partial charge in [0.25, 0.3) is 0 Å². The number of carboxylic acid groups (broad SMARTS) is 1. The van der Waals surface area contributed by atoms with E-state index in [0.717, 1.165) is 55.7 Å². The van der Waals surface area contributed by atoms with Crippen LogP contribution in [0.2, 0.25) is 0 Å². The second kappa shape index (κ2) is 16.8. The van der Waals surface area contributed by atoms with Gasteiger partial charge in [-0.3, -0.25) is 4.79 Å². The maximum atomic E-state index is 14.2. The number of aliphatic carboxylic acids is 1. The molecule has 6 rings (SSSR count). The van der Waals surface area contributed by atoms with Crippen molar-refractivity contribution in [1.82, 2.24) is 0 Å². The van der Waals surface area contributed by atoms with E-state index in [1.165, 1.54) is 6.07 Å². The van der Waals surface area contributed by atoms with Crippen molar-refractivity contribution in [3.05, 3.63) is 64.3 Å². The Morgan fingerprint density at radius 3 is 2.07 bits per heavy atom. The van der Waals surface area contributed by atoms with E-state index in [2.05, 4.69) is 0 Å². The fourth-order valence-electron chi connectivity index (χ4n) is 6.23. The first kappa shape index (κ1) is 42.2. The number of aliphatic hydroxyl groups excluding tert-OH is 5. The summed E-state index contributed by atoms with van der Waals surface area (Å²) in [4.78, 5) is 39.3. The van der Waals surface area contributed by atoms with Gasteiger partial charge < -0.3 is 94.1 Å². The van der Waals surface area contributed by atoms with Crippen LogP contribution in [0.5, 0.6) is 46.0 Å². The van der Waals surface area contributed by atoms with Crippen LogP contribution >= 0.6 is 0 Å². The number of benzene rings is 3. The number of phenolic OH excluding ortho intramolecular Hbond substituents is 6. The summed E-state index contributed by atoms with van der Waals surface area (Å²) in [5, 5.41) is 124. The van der Waals surface area contributed by atoms with Crippen LogP contribution in [0.3, 0.4) is 0 Å². The molecule has 0 bridgehead atoms. The molecule has 2 aliphatic rings. The van der Waals surface area contributed by atoms with E-state index in [-0.39, 0.29) is 16.9 Å². The minimum absolute atomic E-state index is 0.193. The summed E-state index contributed by atoms with van der Waals surface area (Å²) in [6, 6.07) is 7.56.